The van der Waals surface area contributed by atoms with Gasteiger partial charge in [-0.15, -0.1) is 0 Å². The molecule has 1 aromatic carbocycles. The van der Waals surface area contributed by atoms with Crippen molar-refractivity contribution in [3.63, 3.8) is 0 Å². The van der Waals surface area contributed by atoms with Crippen LogP contribution in [0.1, 0.15) is 19.4 Å². The molecular formula is C13H17NO. The molecule has 0 saturated carbocycles. The van der Waals surface area contributed by atoms with Gasteiger partial charge in [-0.05, 0) is 26.0 Å². The Labute approximate surface area is 91.3 Å². The van der Waals surface area contributed by atoms with Crippen LogP contribution in [0.2, 0.25) is 0 Å². The fourth-order valence-corrected chi connectivity index (χ4v) is 1.10. The lowest BCUT2D eigenvalue weighted by molar-refractivity contribution is 0.0811. The van der Waals surface area contributed by atoms with Gasteiger partial charge >= 0.3 is 0 Å². The molecular weight excluding hydrogens is 186 g/mol. The van der Waals surface area contributed by atoms with Crippen LogP contribution in [0.4, 0.5) is 0 Å². The second-order valence-electron chi connectivity index (χ2n) is 4.08. The van der Waals surface area contributed by atoms with E-state index in [1.54, 1.807) is 13.8 Å². The Morgan fingerprint density at radius 2 is 1.93 bits per heavy atom. The van der Waals surface area contributed by atoms with Gasteiger partial charge in [-0.2, -0.15) is 0 Å². The molecule has 0 aliphatic carbocycles. The molecule has 1 aromatic rings. The van der Waals surface area contributed by atoms with Crippen LogP contribution in [0.15, 0.2) is 30.3 Å². The van der Waals surface area contributed by atoms with Crippen LogP contribution in [0.3, 0.4) is 0 Å². The molecule has 80 valence electrons. The largest absolute Gasteiger partial charge is 0.389 e. The minimum Gasteiger partial charge on any atom is -0.389 e. The minimum absolute atomic E-state index is 0.552. The van der Waals surface area contributed by atoms with Gasteiger partial charge in [-0.1, -0.05) is 30.0 Å². The molecule has 0 spiro atoms. The highest BCUT2D eigenvalue weighted by Gasteiger charge is 2.09. The molecule has 0 saturated heterocycles. The zero-order chi connectivity index (χ0) is 11.1. The van der Waals surface area contributed by atoms with Crippen molar-refractivity contribution in [2.24, 2.45) is 0 Å². The van der Waals surface area contributed by atoms with E-state index in [1.807, 2.05) is 30.3 Å². The Morgan fingerprint density at radius 3 is 2.53 bits per heavy atom. The first-order chi connectivity index (χ1) is 7.08. The molecule has 0 aromatic heterocycles. The standard InChI is InChI=1S/C13H17NO/c1-13(2,15)11-14-10-6-9-12-7-4-3-5-8-12/h3-5,7-8,14-15H,10-11H2,1-2H3. The van der Waals surface area contributed by atoms with E-state index in [0.717, 1.165) is 5.56 Å². The molecule has 2 heteroatoms. The molecule has 0 amide bonds. The lowest BCUT2D eigenvalue weighted by atomic mass is 10.1. The molecule has 0 aliphatic rings. The summed E-state index contributed by atoms with van der Waals surface area (Å²) in [5.74, 6) is 6.04. The summed E-state index contributed by atoms with van der Waals surface area (Å²) in [5, 5.41) is 12.5. The van der Waals surface area contributed by atoms with Crippen LogP contribution in [0.25, 0.3) is 0 Å². The summed E-state index contributed by atoms with van der Waals surface area (Å²) in [6.45, 7) is 4.69. The highest BCUT2D eigenvalue weighted by atomic mass is 16.3. The van der Waals surface area contributed by atoms with Crippen molar-refractivity contribution in [2.45, 2.75) is 19.4 Å². The molecule has 15 heavy (non-hydrogen) atoms. The Morgan fingerprint density at radius 1 is 1.27 bits per heavy atom. The van der Waals surface area contributed by atoms with Crippen molar-refractivity contribution >= 4 is 0 Å². The number of hydrogen-bond acceptors (Lipinski definition) is 2. The van der Waals surface area contributed by atoms with E-state index in [1.165, 1.54) is 0 Å². The first kappa shape index (κ1) is 11.8. The van der Waals surface area contributed by atoms with Gasteiger partial charge in [0.2, 0.25) is 0 Å². The first-order valence-corrected chi connectivity index (χ1v) is 5.05. The third-order valence-corrected chi connectivity index (χ3v) is 1.78. The van der Waals surface area contributed by atoms with Crippen molar-refractivity contribution in [1.29, 1.82) is 0 Å². The van der Waals surface area contributed by atoms with Crippen LogP contribution in [0, 0.1) is 11.8 Å². The summed E-state index contributed by atoms with van der Waals surface area (Å²) in [4.78, 5) is 0. The zero-order valence-corrected chi connectivity index (χ0v) is 9.25. The molecule has 0 atom stereocenters. The topological polar surface area (TPSA) is 32.3 Å². The van der Waals surface area contributed by atoms with Crippen molar-refractivity contribution in [3.8, 4) is 11.8 Å². The molecule has 0 heterocycles. The predicted octanol–water partition coefficient (Wildman–Crippen LogP) is 1.40. The summed E-state index contributed by atoms with van der Waals surface area (Å²) in [7, 11) is 0. The molecule has 2 N–H and O–H groups in total. The Hall–Kier alpha value is -1.30. The molecule has 1 rings (SSSR count). The smallest absolute Gasteiger partial charge is 0.0715 e. The third-order valence-electron chi connectivity index (χ3n) is 1.78. The van der Waals surface area contributed by atoms with Gasteiger partial charge < -0.3 is 10.4 Å². The van der Waals surface area contributed by atoms with E-state index in [2.05, 4.69) is 17.2 Å². The number of hydrogen-bond donors (Lipinski definition) is 2. The molecule has 2 nitrogen and oxygen atoms in total. The number of aliphatic hydroxyl groups is 1. The number of nitrogens with one attached hydrogen (secondary N) is 1. The highest BCUT2D eigenvalue weighted by molar-refractivity contribution is 5.33. The average Bonchev–Trinajstić information content (AvgIpc) is 2.17. The Balaban J connectivity index is 2.30. The van der Waals surface area contributed by atoms with Crippen LogP contribution in [-0.2, 0) is 0 Å². The summed E-state index contributed by atoms with van der Waals surface area (Å²) >= 11 is 0. The van der Waals surface area contributed by atoms with Crippen molar-refractivity contribution in [3.05, 3.63) is 35.9 Å². The summed E-state index contributed by atoms with van der Waals surface area (Å²) in [6, 6.07) is 9.85. The number of rotatable bonds is 3. The average molecular weight is 203 g/mol. The maximum Gasteiger partial charge on any atom is 0.0715 e. The maximum atomic E-state index is 9.42. The van der Waals surface area contributed by atoms with Crippen molar-refractivity contribution in [2.75, 3.05) is 13.1 Å². The maximum absolute atomic E-state index is 9.42. The van der Waals surface area contributed by atoms with Gasteiger partial charge in [0.1, 0.15) is 0 Å². The predicted molar refractivity (Wildman–Crippen MR) is 62.5 cm³/mol. The number of benzene rings is 1. The SMILES string of the molecule is CC(C)(O)CNCC#Cc1ccccc1. The van der Waals surface area contributed by atoms with E-state index in [-0.39, 0.29) is 0 Å². The summed E-state index contributed by atoms with van der Waals surface area (Å²) in [6.07, 6.45) is 0. The quantitative estimate of drug-likeness (QED) is 0.575. The van der Waals surface area contributed by atoms with Crippen LogP contribution in [-0.4, -0.2) is 23.8 Å². The van der Waals surface area contributed by atoms with Crippen LogP contribution < -0.4 is 5.32 Å². The van der Waals surface area contributed by atoms with E-state index >= 15 is 0 Å². The summed E-state index contributed by atoms with van der Waals surface area (Å²) in [5.41, 5.74) is 0.344. The van der Waals surface area contributed by atoms with E-state index < -0.39 is 5.60 Å². The highest BCUT2D eigenvalue weighted by Crippen LogP contribution is 1.96. The lowest BCUT2D eigenvalue weighted by Gasteiger charge is -2.16. The molecule has 0 bridgehead atoms. The van der Waals surface area contributed by atoms with Crippen molar-refractivity contribution < 1.29 is 5.11 Å². The van der Waals surface area contributed by atoms with E-state index in [9.17, 15) is 5.11 Å². The fraction of sp³-hybridized carbons (Fsp3) is 0.385. The molecule has 0 fully saturated rings. The third kappa shape index (κ3) is 5.90. The minimum atomic E-state index is -0.672. The van der Waals surface area contributed by atoms with Gasteiger partial charge in [0.15, 0.2) is 0 Å². The van der Waals surface area contributed by atoms with E-state index in [4.69, 9.17) is 0 Å². The molecule has 0 radical (unpaired) electrons. The lowest BCUT2D eigenvalue weighted by Crippen LogP contribution is -2.34. The molecule has 0 aliphatic heterocycles. The Kier molecular flexibility index (Phi) is 4.36. The van der Waals surface area contributed by atoms with Crippen LogP contribution in [0.5, 0.6) is 0 Å². The van der Waals surface area contributed by atoms with Gasteiger partial charge in [0.25, 0.3) is 0 Å². The van der Waals surface area contributed by atoms with Crippen LogP contribution >= 0.6 is 0 Å². The van der Waals surface area contributed by atoms with Gasteiger partial charge in [0.05, 0.1) is 12.1 Å². The molecule has 0 unspecified atom stereocenters. The van der Waals surface area contributed by atoms with Crippen molar-refractivity contribution in [1.82, 2.24) is 5.32 Å². The fourth-order valence-electron chi connectivity index (χ4n) is 1.10. The Bertz CT molecular complexity index is 340. The second-order valence-corrected chi connectivity index (χ2v) is 4.08. The summed E-state index contributed by atoms with van der Waals surface area (Å²) < 4.78 is 0. The van der Waals surface area contributed by atoms with Gasteiger partial charge in [-0.3, -0.25) is 0 Å². The normalized spacial score (nSPS) is 10.6. The zero-order valence-electron chi connectivity index (χ0n) is 9.25. The first-order valence-electron chi connectivity index (χ1n) is 5.05. The van der Waals surface area contributed by atoms with E-state index in [0.29, 0.717) is 13.1 Å². The van der Waals surface area contributed by atoms with Gasteiger partial charge in [0, 0.05) is 12.1 Å². The monoisotopic (exact) mass is 203 g/mol. The second kappa shape index (κ2) is 5.55. The van der Waals surface area contributed by atoms with Gasteiger partial charge in [-0.25, -0.2) is 0 Å².